The Hall–Kier alpha value is -1.79. The van der Waals surface area contributed by atoms with E-state index in [1.165, 1.54) is 5.56 Å². The standard InChI is InChI=1S/C11H11N5S/c1-7-5-17-10-9(7)14-6-15-11(10)16-3-2-13-8(16)4-12/h2-3,5-6H,4,12H2,1H3. The molecule has 17 heavy (non-hydrogen) atoms. The maximum Gasteiger partial charge on any atom is 0.159 e. The third kappa shape index (κ3) is 1.53. The van der Waals surface area contributed by atoms with Crippen molar-refractivity contribution in [1.82, 2.24) is 19.5 Å². The Morgan fingerprint density at radius 1 is 1.35 bits per heavy atom. The third-order valence-corrected chi connectivity index (χ3v) is 3.72. The van der Waals surface area contributed by atoms with Crippen molar-refractivity contribution < 1.29 is 0 Å². The molecular weight excluding hydrogens is 234 g/mol. The van der Waals surface area contributed by atoms with E-state index in [2.05, 4.69) is 20.3 Å². The minimum absolute atomic E-state index is 0.392. The predicted molar refractivity (Wildman–Crippen MR) is 67.2 cm³/mol. The summed E-state index contributed by atoms with van der Waals surface area (Å²) in [5, 5.41) is 2.09. The Morgan fingerprint density at radius 2 is 2.24 bits per heavy atom. The molecule has 0 atom stereocenters. The molecule has 3 heterocycles. The molecule has 0 bridgehead atoms. The van der Waals surface area contributed by atoms with Crippen LogP contribution in [0.4, 0.5) is 0 Å². The molecule has 0 aliphatic heterocycles. The average molecular weight is 245 g/mol. The van der Waals surface area contributed by atoms with Gasteiger partial charge in [0.1, 0.15) is 12.2 Å². The van der Waals surface area contributed by atoms with Gasteiger partial charge in [0.05, 0.1) is 16.8 Å². The summed E-state index contributed by atoms with van der Waals surface area (Å²) in [4.78, 5) is 12.8. The lowest BCUT2D eigenvalue weighted by Gasteiger charge is -2.05. The van der Waals surface area contributed by atoms with Gasteiger partial charge in [-0.25, -0.2) is 15.0 Å². The fourth-order valence-corrected chi connectivity index (χ4v) is 2.79. The van der Waals surface area contributed by atoms with Crippen LogP contribution in [0, 0.1) is 6.92 Å². The lowest BCUT2D eigenvalue weighted by Crippen LogP contribution is -2.07. The van der Waals surface area contributed by atoms with Gasteiger partial charge < -0.3 is 5.73 Å². The van der Waals surface area contributed by atoms with Crippen molar-refractivity contribution in [1.29, 1.82) is 0 Å². The maximum atomic E-state index is 5.66. The molecule has 0 fully saturated rings. The number of hydrogen-bond donors (Lipinski definition) is 1. The van der Waals surface area contributed by atoms with E-state index in [1.807, 2.05) is 17.7 Å². The topological polar surface area (TPSA) is 69.6 Å². The van der Waals surface area contributed by atoms with Crippen molar-refractivity contribution in [3.8, 4) is 5.82 Å². The second-order valence-corrected chi connectivity index (χ2v) is 4.59. The Morgan fingerprint density at radius 3 is 3.06 bits per heavy atom. The van der Waals surface area contributed by atoms with Gasteiger partial charge in [-0.05, 0) is 17.9 Å². The first-order valence-corrected chi connectivity index (χ1v) is 6.10. The number of thiophene rings is 1. The van der Waals surface area contributed by atoms with Crippen LogP contribution in [0.3, 0.4) is 0 Å². The fourth-order valence-electron chi connectivity index (χ4n) is 1.81. The van der Waals surface area contributed by atoms with Crippen molar-refractivity contribution in [3.05, 3.63) is 35.5 Å². The van der Waals surface area contributed by atoms with E-state index in [9.17, 15) is 0 Å². The highest BCUT2D eigenvalue weighted by atomic mass is 32.1. The second-order valence-electron chi connectivity index (χ2n) is 3.71. The highest BCUT2D eigenvalue weighted by Crippen LogP contribution is 2.27. The van der Waals surface area contributed by atoms with Crippen LogP contribution in [-0.2, 0) is 6.54 Å². The van der Waals surface area contributed by atoms with Crippen LogP contribution in [0.2, 0.25) is 0 Å². The van der Waals surface area contributed by atoms with Crippen molar-refractivity contribution in [2.75, 3.05) is 0 Å². The summed E-state index contributed by atoms with van der Waals surface area (Å²) < 4.78 is 2.98. The molecule has 0 amide bonds. The van der Waals surface area contributed by atoms with E-state index in [4.69, 9.17) is 5.73 Å². The Balaban J connectivity index is 2.30. The summed E-state index contributed by atoms with van der Waals surface area (Å²) in [6.07, 6.45) is 5.19. The van der Waals surface area contributed by atoms with E-state index in [0.717, 1.165) is 21.9 Å². The molecule has 0 saturated carbocycles. The largest absolute Gasteiger partial charge is 0.324 e. The first kappa shape index (κ1) is 10.4. The van der Waals surface area contributed by atoms with E-state index < -0.39 is 0 Å². The van der Waals surface area contributed by atoms with Gasteiger partial charge in [0.15, 0.2) is 5.82 Å². The number of fused-ring (bicyclic) bond motifs is 1. The number of rotatable bonds is 2. The van der Waals surface area contributed by atoms with Crippen LogP contribution in [0.25, 0.3) is 16.0 Å². The van der Waals surface area contributed by atoms with Gasteiger partial charge in [-0.2, -0.15) is 0 Å². The van der Waals surface area contributed by atoms with Crippen LogP contribution in [-0.4, -0.2) is 19.5 Å². The van der Waals surface area contributed by atoms with Gasteiger partial charge in [0.25, 0.3) is 0 Å². The molecule has 0 unspecified atom stereocenters. The third-order valence-electron chi connectivity index (χ3n) is 2.64. The normalized spacial score (nSPS) is 11.2. The number of nitrogens with zero attached hydrogens (tertiary/aromatic N) is 4. The van der Waals surface area contributed by atoms with Crippen molar-refractivity contribution in [3.63, 3.8) is 0 Å². The molecule has 0 aliphatic carbocycles. The highest BCUT2D eigenvalue weighted by molar-refractivity contribution is 7.17. The molecule has 0 aromatic carbocycles. The lowest BCUT2D eigenvalue weighted by molar-refractivity contribution is 0.851. The molecule has 0 saturated heterocycles. The fraction of sp³-hybridized carbons (Fsp3) is 0.182. The summed E-state index contributed by atoms with van der Waals surface area (Å²) >= 11 is 1.64. The van der Waals surface area contributed by atoms with Crippen LogP contribution in [0.5, 0.6) is 0 Å². The zero-order valence-corrected chi connectivity index (χ0v) is 10.1. The molecule has 2 N–H and O–H groups in total. The van der Waals surface area contributed by atoms with Crippen molar-refractivity contribution >= 4 is 21.6 Å². The highest BCUT2D eigenvalue weighted by Gasteiger charge is 2.11. The molecule has 0 aliphatic rings. The Bertz CT molecular complexity index is 669. The van der Waals surface area contributed by atoms with Crippen LogP contribution in [0.15, 0.2) is 24.1 Å². The summed E-state index contributed by atoms with van der Waals surface area (Å²) in [6.45, 7) is 2.44. The summed E-state index contributed by atoms with van der Waals surface area (Å²) in [5.74, 6) is 1.65. The van der Waals surface area contributed by atoms with Gasteiger partial charge in [0.2, 0.25) is 0 Å². The summed E-state index contributed by atoms with van der Waals surface area (Å²) in [5.41, 5.74) is 7.82. The molecule has 3 aromatic heterocycles. The monoisotopic (exact) mass is 245 g/mol. The smallest absolute Gasteiger partial charge is 0.159 e. The molecule has 5 nitrogen and oxygen atoms in total. The second kappa shape index (κ2) is 3.90. The van der Waals surface area contributed by atoms with Crippen molar-refractivity contribution in [2.24, 2.45) is 5.73 Å². The molecular formula is C11H11N5S. The zero-order chi connectivity index (χ0) is 11.8. The van der Waals surface area contributed by atoms with Crippen LogP contribution in [0.1, 0.15) is 11.4 Å². The molecule has 3 rings (SSSR count). The minimum atomic E-state index is 0.392. The molecule has 0 radical (unpaired) electrons. The molecule has 6 heteroatoms. The first-order chi connectivity index (χ1) is 8.31. The summed E-state index contributed by atoms with van der Waals surface area (Å²) in [6, 6.07) is 0. The van der Waals surface area contributed by atoms with E-state index in [0.29, 0.717) is 6.54 Å². The van der Waals surface area contributed by atoms with Gasteiger partial charge in [-0.15, -0.1) is 11.3 Å². The number of aryl methyl sites for hydroxylation is 1. The van der Waals surface area contributed by atoms with Crippen molar-refractivity contribution in [2.45, 2.75) is 13.5 Å². The SMILES string of the molecule is Cc1csc2c(-n3ccnc3CN)ncnc12. The number of hydrogen-bond acceptors (Lipinski definition) is 5. The molecule has 86 valence electrons. The van der Waals surface area contributed by atoms with Crippen LogP contribution < -0.4 is 5.73 Å². The van der Waals surface area contributed by atoms with E-state index in [-0.39, 0.29) is 0 Å². The Kier molecular flexibility index (Phi) is 2.38. The lowest BCUT2D eigenvalue weighted by atomic mass is 10.3. The van der Waals surface area contributed by atoms with E-state index >= 15 is 0 Å². The Labute approximate surface area is 102 Å². The number of imidazole rings is 1. The predicted octanol–water partition coefficient (Wildman–Crippen LogP) is 1.64. The van der Waals surface area contributed by atoms with Gasteiger partial charge >= 0.3 is 0 Å². The maximum absolute atomic E-state index is 5.66. The van der Waals surface area contributed by atoms with Gasteiger partial charge in [0, 0.05) is 12.4 Å². The van der Waals surface area contributed by atoms with E-state index in [1.54, 1.807) is 23.9 Å². The zero-order valence-electron chi connectivity index (χ0n) is 9.29. The molecule has 0 spiro atoms. The average Bonchev–Trinajstić information content (AvgIpc) is 2.96. The number of nitrogens with two attached hydrogens (primary N) is 1. The van der Waals surface area contributed by atoms with Gasteiger partial charge in [-0.1, -0.05) is 0 Å². The van der Waals surface area contributed by atoms with Gasteiger partial charge in [-0.3, -0.25) is 4.57 Å². The summed E-state index contributed by atoms with van der Waals surface area (Å²) in [7, 11) is 0. The first-order valence-electron chi connectivity index (χ1n) is 5.22. The van der Waals surface area contributed by atoms with Crippen LogP contribution >= 0.6 is 11.3 Å². The molecule has 3 aromatic rings. The minimum Gasteiger partial charge on any atom is -0.324 e. The number of aromatic nitrogens is 4. The quantitative estimate of drug-likeness (QED) is 0.745.